The van der Waals surface area contributed by atoms with Gasteiger partial charge in [-0.15, -0.1) is 0 Å². The largest absolute Gasteiger partial charge is 0.369 e. The fourth-order valence-electron chi connectivity index (χ4n) is 2.47. The fraction of sp³-hybridized carbons (Fsp3) is 0.385. The summed E-state index contributed by atoms with van der Waals surface area (Å²) in [5, 5.41) is 10.7. The Morgan fingerprint density at radius 2 is 2.00 bits per heavy atom. The standard InChI is InChI=1S/C13H16N4O6S/c1-15-7-10(6-13(15)19)16(8-12(14)18)24(22,23)11-4-2-9(3-5-11)17(20)21/h2-5,10H,6-8H2,1H3,(H2,14,18). The van der Waals surface area contributed by atoms with Gasteiger partial charge in [0.15, 0.2) is 0 Å². The quantitative estimate of drug-likeness (QED) is 0.527. The molecule has 1 aliphatic rings. The van der Waals surface area contributed by atoms with Crippen LogP contribution >= 0.6 is 0 Å². The van der Waals surface area contributed by atoms with Crippen LogP contribution in [0, 0.1) is 10.1 Å². The van der Waals surface area contributed by atoms with E-state index in [2.05, 4.69) is 0 Å². The van der Waals surface area contributed by atoms with Crippen LogP contribution in [0.1, 0.15) is 6.42 Å². The average molecular weight is 356 g/mol. The van der Waals surface area contributed by atoms with Crippen molar-refractivity contribution in [3.8, 4) is 0 Å². The number of hydrogen-bond donors (Lipinski definition) is 1. The summed E-state index contributed by atoms with van der Waals surface area (Å²) in [5.41, 5.74) is 4.88. The number of likely N-dealkylation sites (tertiary alicyclic amines) is 1. The third kappa shape index (κ3) is 3.51. The van der Waals surface area contributed by atoms with E-state index in [0.29, 0.717) is 0 Å². The van der Waals surface area contributed by atoms with Crippen LogP contribution in [0.25, 0.3) is 0 Å². The molecule has 1 aliphatic heterocycles. The maximum atomic E-state index is 12.8. The van der Waals surface area contributed by atoms with Crippen LogP contribution < -0.4 is 5.73 Å². The molecular weight excluding hydrogens is 340 g/mol. The zero-order chi connectivity index (χ0) is 18.1. The zero-order valence-electron chi connectivity index (χ0n) is 12.8. The minimum atomic E-state index is -4.14. The van der Waals surface area contributed by atoms with Gasteiger partial charge in [0, 0.05) is 32.1 Å². The molecule has 0 spiro atoms. The van der Waals surface area contributed by atoms with Crippen molar-refractivity contribution in [1.29, 1.82) is 0 Å². The Labute approximate surface area is 138 Å². The summed E-state index contributed by atoms with van der Waals surface area (Å²) in [6.07, 6.45) is -0.0595. The fourth-order valence-corrected chi connectivity index (χ4v) is 4.05. The summed E-state index contributed by atoms with van der Waals surface area (Å²) < 4.78 is 26.4. The number of nitrogens with zero attached hydrogens (tertiary/aromatic N) is 3. The summed E-state index contributed by atoms with van der Waals surface area (Å²) in [4.78, 5) is 34.1. The van der Waals surface area contributed by atoms with Gasteiger partial charge in [0.1, 0.15) is 0 Å². The molecule has 11 heteroatoms. The molecule has 2 N–H and O–H groups in total. The van der Waals surface area contributed by atoms with Gasteiger partial charge in [-0.1, -0.05) is 0 Å². The van der Waals surface area contributed by atoms with Crippen molar-refractivity contribution < 1.29 is 22.9 Å². The highest BCUT2D eigenvalue weighted by molar-refractivity contribution is 7.89. The molecule has 10 nitrogen and oxygen atoms in total. The highest BCUT2D eigenvalue weighted by atomic mass is 32.2. The smallest absolute Gasteiger partial charge is 0.269 e. The molecule has 0 saturated carbocycles. The summed E-state index contributed by atoms with van der Waals surface area (Å²) >= 11 is 0. The molecule has 1 fully saturated rings. The highest BCUT2D eigenvalue weighted by Crippen LogP contribution is 2.25. The second kappa shape index (κ2) is 6.53. The van der Waals surface area contributed by atoms with Crippen LogP contribution in [-0.2, 0) is 19.6 Å². The monoisotopic (exact) mass is 356 g/mol. The second-order valence-electron chi connectivity index (χ2n) is 5.40. The number of sulfonamides is 1. The number of hydrogen-bond acceptors (Lipinski definition) is 6. The Hall–Kier alpha value is -2.53. The first-order valence-electron chi connectivity index (χ1n) is 6.91. The summed E-state index contributed by atoms with van der Waals surface area (Å²) in [5.74, 6) is -1.10. The lowest BCUT2D eigenvalue weighted by Gasteiger charge is -2.26. The van der Waals surface area contributed by atoms with E-state index in [1.165, 1.54) is 11.9 Å². The summed E-state index contributed by atoms with van der Waals surface area (Å²) in [7, 11) is -2.61. The molecule has 1 aromatic rings. The Balaban J connectivity index is 2.38. The molecular formula is C13H16N4O6S. The Morgan fingerprint density at radius 3 is 2.42 bits per heavy atom. The molecule has 130 valence electrons. The molecule has 1 heterocycles. The zero-order valence-corrected chi connectivity index (χ0v) is 13.6. The number of carbonyl (C=O) groups excluding carboxylic acids is 2. The van der Waals surface area contributed by atoms with E-state index in [9.17, 15) is 28.1 Å². The van der Waals surface area contributed by atoms with Crippen molar-refractivity contribution in [3.63, 3.8) is 0 Å². The van der Waals surface area contributed by atoms with Gasteiger partial charge in [-0.2, -0.15) is 4.31 Å². The van der Waals surface area contributed by atoms with E-state index in [1.54, 1.807) is 0 Å². The molecule has 1 unspecified atom stereocenters. The second-order valence-corrected chi connectivity index (χ2v) is 7.29. The molecule has 24 heavy (non-hydrogen) atoms. The molecule has 0 radical (unpaired) electrons. The molecule has 1 aromatic carbocycles. The number of non-ortho nitro benzene ring substituents is 1. The maximum absolute atomic E-state index is 12.8. The van der Waals surface area contributed by atoms with E-state index in [1.807, 2.05) is 0 Å². The minimum absolute atomic E-state index is 0.0595. The van der Waals surface area contributed by atoms with Crippen molar-refractivity contribution in [2.45, 2.75) is 17.4 Å². The van der Waals surface area contributed by atoms with Gasteiger partial charge in [-0.05, 0) is 12.1 Å². The SMILES string of the molecule is CN1CC(N(CC(N)=O)S(=O)(=O)c2ccc([N+](=O)[O-])cc2)CC1=O. The first kappa shape index (κ1) is 17.8. The molecule has 2 rings (SSSR count). The van der Waals surface area contributed by atoms with Gasteiger partial charge in [-0.25, -0.2) is 8.42 Å². The third-order valence-corrected chi connectivity index (χ3v) is 5.61. The van der Waals surface area contributed by atoms with Crippen LogP contribution in [0.2, 0.25) is 0 Å². The van der Waals surface area contributed by atoms with Gasteiger partial charge in [0.25, 0.3) is 5.69 Å². The van der Waals surface area contributed by atoms with Crippen LogP contribution in [0.5, 0.6) is 0 Å². The van der Waals surface area contributed by atoms with Crippen molar-refractivity contribution in [3.05, 3.63) is 34.4 Å². The maximum Gasteiger partial charge on any atom is 0.269 e. The predicted octanol–water partition coefficient (Wildman–Crippen LogP) is -0.698. The molecule has 0 aliphatic carbocycles. The van der Waals surface area contributed by atoms with Gasteiger partial charge in [-0.3, -0.25) is 19.7 Å². The summed E-state index contributed by atoms with van der Waals surface area (Å²) in [6, 6.07) is 3.56. The van der Waals surface area contributed by atoms with Gasteiger partial charge < -0.3 is 10.6 Å². The number of likely N-dealkylation sites (N-methyl/N-ethyl adjacent to an activating group) is 1. The first-order chi connectivity index (χ1) is 11.1. The molecule has 0 aromatic heterocycles. The topological polar surface area (TPSA) is 144 Å². The van der Waals surface area contributed by atoms with Crippen molar-refractivity contribution in [1.82, 2.24) is 9.21 Å². The molecule has 2 amide bonds. The van der Waals surface area contributed by atoms with E-state index in [4.69, 9.17) is 5.73 Å². The number of nitrogens with two attached hydrogens (primary N) is 1. The predicted molar refractivity (Wildman–Crippen MR) is 82.2 cm³/mol. The Bertz CT molecular complexity index is 776. The van der Waals surface area contributed by atoms with Gasteiger partial charge in [0.05, 0.1) is 22.4 Å². The minimum Gasteiger partial charge on any atom is -0.369 e. The average Bonchev–Trinajstić information content (AvgIpc) is 2.83. The van der Waals surface area contributed by atoms with Gasteiger partial charge in [0.2, 0.25) is 21.8 Å². The van der Waals surface area contributed by atoms with Crippen LogP contribution in [0.15, 0.2) is 29.2 Å². The van der Waals surface area contributed by atoms with Crippen LogP contribution in [-0.4, -0.2) is 60.5 Å². The van der Waals surface area contributed by atoms with Crippen molar-refractivity contribution in [2.24, 2.45) is 5.73 Å². The number of primary amides is 1. The molecule has 0 bridgehead atoms. The highest BCUT2D eigenvalue weighted by Gasteiger charge is 2.39. The van der Waals surface area contributed by atoms with Crippen molar-refractivity contribution in [2.75, 3.05) is 20.1 Å². The lowest BCUT2D eigenvalue weighted by molar-refractivity contribution is -0.384. The van der Waals surface area contributed by atoms with E-state index in [-0.39, 0.29) is 29.5 Å². The van der Waals surface area contributed by atoms with Crippen LogP contribution in [0.3, 0.4) is 0 Å². The van der Waals surface area contributed by atoms with E-state index >= 15 is 0 Å². The van der Waals surface area contributed by atoms with E-state index < -0.39 is 33.4 Å². The number of nitro benzene ring substituents is 1. The first-order valence-corrected chi connectivity index (χ1v) is 8.35. The number of nitro groups is 1. The number of carbonyl (C=O) groups is 2. The lowest BCUT2D eigenvalue weighted by atomic mass is 10.2. The molecule has 1 atom stereocenters. The van der Waals surface area contributed by atoms with Crippen LogP contribution in [0.4, 0.5) is 5.69 Å². The lowest BCUT2D eigenvalue weighted by Crippen LogP contribution is -2.46. The van der Waals surface area contributed by atoms with Gasteiger partial charge >= 0.3 is 0 Å². The number of rotatable bonds is 6. The normalized spacial score (nSPS) is 18.2. The third-order valence-electron chi connectivity index (χ3n) is 3.69. The van der Waals surface area contributed by atoms with E-state index in [0.717, 1.165) is 28.6 Å². The number of benzene rings is 1. The Morgan fingerprint density at radius 1 is 1.42 bits per heavy atom. The molecule has 1 saturated heterocycles. The summed E-state index contributed by atoms with van der Waals surface area (Å²) in [6.45, 7) is -0.441. The van der Waals surface area contributed by atoms with Crippen molar-refractivity contribution >= 4 is 27.5 Å². The Kier molecular flexibility index (Phi) is 4.85. The number of amides is 2.